The van der Waals surface area contributed by atoms with Gasteiger partial charge in [0.05, 0.1) is 11.1 Å². The minimum absolute atomic E-state index is 0.0947. The lowest BCUT2D eigenvalue weighted by Crippen LogP contribution is -2.19. The molecule has 0 heterocycles. The van der Waals surface area contributed by atoms with Crippen molar-refractivity contribution in [1.29, 1.82) is 0 Å². The molecule has 0 amide bonds. The Hall–Kier alpha value is -3.92. The summed E-state index contributed by atoms with van der Waals surface area (Å²) in [7, 11) is 0. The van der Waals surface area contributed by atoms with Gasteiger partial charge in [-0.15, -0.1) is 0 Å². The molecule has 150 valence electrons. The van der Waals surface area contributed by atoms with E-state index in [1.165, 1.54) is 0 Å². The molecule has 0 unspecified atom stereocenters. The lowest BCUT2D eigenvalue weighted by atomic mass is 10.1. The van der Waals surface area contributed by atoms with Crippen LogP contribution in [0, 0.1) is 0 Å². The summed E-state index contributed by atoms with van der Waals surface area (Å²) in [6, 6.07) is 23.0. The Morgan fingerprint density at radius 1 is 0.733 bits per heavy atom. The maximum absolute atomic E-state index is 12.6. The zero-order valence-electron chi connectivity index (χ0n) is 16.5. The normalized spacial score (nSPS) is 11.2. The van der Waals surface area contributed by atoms with E-state index in [-0.39, 0.29) is 6.61 Å². The molecule has 30 heavy (non-hydrogen) atoms. The Morgan fingerprint density at radius 3 is 1.73 bits per heavy atom. The third-order valence-corrected chi connectivity index (χ3v) is 4.55. The molecule has 0 fully saturated rings. The SMILES string of the molecule is C=Cc1ccc(C(=O)OC[C@H](OC(=O)c2ccc(C=C)cc2)c2ccccc2)cc1. The highest BCUT2D eigenvalue weighted by molar-refractivity contribution is 5.90. The zero-order valence-corrected chi connectivity index (χ0v) is 16.5. The zero-order chi connectivity index (χ0) is 21.3. The molecule has 0 spiro atoms. The van der Waals surface area contributed by atoms with Gasteiger partial charge in [0, 0.05) is 0 Å². The number of ether oxygens (including phenoxy) is 2. The van der Waals surface area contributed by atoms with Gasteiger partial charge in [0.2, 0.25) is 0 Å². The van der Waals surface area contributed by atoms with E-state index in [1.807, 2.05) is 30.3 Å². The van der Waals surface area contributed by atoms with E-state index < -0.39 is 18.0 Å². The fraction of sp³-hybridized carbons (Fsp3) is 0.0769. The van der Waals surface area contributed by atoms with E-state index in [9.17, 15) is 9.59 Å². The van der Waals surface area contributed by atoms with E-state index >= 15 is 0 Å². The van der Waals surface area contributed by atoms with Gasteiger partial charge in [-0.1, -0.05) is 79.9 Å². The summed E-state index contributed by atoms with van der Waals surface area (Å²) in [5.74, 6) is -0.983. The second-order valence-electron chi connectivity index (χ2n) is 6.56. The summed E-state index contributed by atoms with van der Waals surface area (Å²) in [5, 5.41) is 0. The van der Waals surface area contributed by atoms with Crippen LogP contribution in [0.4, 0.5) is 0 Å². The van der Waals surface area contributed by atoms with Gasteiger partial charge in [0.1, 0.15) is 6.61 Å². The van der Waals surface area contributed by atoms with Crippen molar-refractivity contribution in [2.45, 2.75) is 6.10 Å². The van der Waals surface area contributed by atoms with E-state index in [1.54, 1.807) is 60.7 Å². The molecule has 1 atom stereocenters. The minimum atomic E-state index is -0.728. The summed E-state index contributed by atoms with van der Waals surface area (Å²) in [6.45, 7) is 7.30. The molecule has 0 radical (unpaired) electrons. The Morgan fingerprint density at radius 2 is 1.23 bits per heavy atom. The molecular formula is C26H22O4. The summed E-state index contributed by atoms with van der Waals surface area (Å²) >= 11 is 0. The molecule has 0 bridgehead atoms. The summed E-state index contributed by atoms with van der Waals surface area (Å²) in [6.07, 6.45) is 2.67. The Labute approximate surface area is 176 Å². The first-order valence-corrected chi connectivity index (χ1v) is 9.49. The first-order chi connectivity index (χ1) is 14.6. The van der Waals surface area contributed by atoms with Crippen LogP contribution in [0.1, 0.15) is 43.5 Å². The average molecular weight is 398 g/mol. The number of carbonyl (C=O) groups excluding carboxylic acids is 2. The standard InChI is InChI=1S/C26H22O4/c1-3-19-10-14-22(15-11-19)25(27)29-18-24(21-8-6-5-7-9-21)30-26(28)23-16-12-20(4-2)13-17-23/h3-17,24H,1-2,18H2/t24-/m0/s1. The number of carbonyl (C=O) groups is 2. The van der Waals surface area contributed by atoms with Crippen molar-refractivity contribution in [3.8, 4) is 0 Å². The van der Waals surface area contributed by atoms with Crippen molar-refractivity contribution in [3.63, 3.8) is 0 Å². The number of hydrogen-bond acceptors (Lipinski definition) is 4. The first-order valence-electron chi connectivity index (χ1n) is 9.49. The second kappa shape index (κ2) is 10.0. The van der Waals surface area contributed by atoms with Crippen LogP contribution in [0.15, 0.2) is 92.0 Å². The number of esters is 2. The highest BCUT2D eigenvalue weighted by Gasteiger charge is 2.20. The van der Waals surface area contributed by atoms with Crippen LogP contribution in [0.5, 0.6) is 0 Å². The fourth-order valence-electron chi connectivity index (χ4n) is 2.81. The van der Waals surface area contributed by atoms with Crippen molar-refractivity contribution < 1.29 is 19.1 Å². The van der Waals surface area contributed by atoms with Gasteiger partial charge in [-0.3, -0.25) is 0 Å². The van der Waals surface area contributed by atoms with E-state index in [0.29, 0.717) is 11.1 Å². The second-order valence-corrected chi connectivity index (χ2v) is 6.56. The van der Waals surface area contributed by atoms with Crippen LogP contribution >= 0.6 is 0 Å². The van der Waals surface area contributed by atoms with Crippen molar-refractivity contribution in [2.75, 3.05) is 6.61 Å². The first kappa shape index (κ1) is 20.8. The van der Waals surface area contributed by atoms with Crippen molar-refractivity contribution in [3.05, 3.63) is 120 Å². The molecule has 3 rings (SSSR count). The van der Waals surface area contributed by atoms with Gasteiger partial charge in [-0.05, 0) is 41.0 Å². The molecular weight excluding hydrogens is 376 g/mol. The van der Waals surface area contributed by atoms with Crippen LogP contribution in [-0.4, -0.2) is 18.5 Å². The van der Waals surface area contributed by atoms with Gasteiger partial charge < -0.3 is 9.47 Å². The Bertz CT molecular complexity index is 1020. The average Bonchev–Trinajstić information content (AvgIpc) is 2.82. The van der Waals surface area contributed by atoms with Gasteiger partial charge >= 0.3 is 11.9 Å². The lowest BCUT2D eigenvalue weighted by molar-refractivity contribution is -0.00133. The third kappa shape index (κ3) is 5.32. The van der Waals surface area contributed by atoms with Crippen LogP contribution in [0.25, 0.3) is 12.2 Å². The molecule has 0 saturated heterocycles. The smallest absolute Gasteiger partial charge is 0.338 e. The Kier molecular flexibility index (Phi) is 6.95. The molecule has 0 saturated carbocycles. The summed E-state index contributed by atoms with van der Waals surface area (Å²) < 4.78 is 11.1. The highest BCUT2D eigenvalue weighted by atomic mass is 16.6. The summed E-state index contributed by atoms with van der Waals surface area (Å²) in [4.78, 5) is 25.0. The molecule has 0 aliphatic rings. The topological polar surface area (TPSA) is 52.6 Å². The van der Waals surface area contributed by atoms with Crippen molar-refractivity contribution in [2.24, 2.45) is 0 Å². The Balaban J connectivity index is 1.72. The molecule has 0 aliphatic heterocycles. The summed E-state index contributed by atoms with van der Waals surface area (Å²) in [5.41, 5.74) is 3.38. The molecule has 3 aromatic carbocycles. The molecule has 3 aromatic rings. The molecule has 4 heteroatoms. The van der Waals surface area contributed by atoms with E-state index in [4.69, 9.17) is 9.47 Å². The maximum Gasteiger partial charge on any atom is 0.338 e. The van der Waals surface area contributed by atoms with Gasteiger partial charge in [-0.25, -0.2) is 9.59 Å². The lowest BCUT2D eigenvalue weighted by Gasteiger charge is -2.18. The van der Waals surface area contributed by atoms with Crippen LogP contribution in [0.3, 0.4) is 0 Å². The van der Waals surface area contributed by atoms with E-state index in [2.05, 4.69) is 13.2 Å². The maximum atomic E-state index is 12.6. The van der Waals surface area contributed by atoms with Crippen molar-refractivity contribution >= 4 is 24.1 Å². The van der Waals surface area contributed by atoms with Gasteiger partial charge in [-0.2, -0.15) is 0 Å². The molecule has 0 aliphatic carbocycles. The third-order valence-electron chi connectivity index (χ3n) is 4.55. The molecule has 0 N–H and O–H groups in total. The quantitative estimate of drug-likeness (QED) is 0.455. The number of benzene rings is 3. The fourth-order valence-corrected chi connectivity index (χ4v) is 2.81. The van der Waals surface area contributed by atoms with Gasteiger partial charge in [0.25, 0.3) is 0 Å². The monoisotopic (exact) mass is 398 g/mol. The molecule has 4 nitrogen and oxygen atoms in total. The highest BCUT2D eigenvalue weighted by Crippen LogP contribution is 2.21. The largest absolute Gasteiger partial charge is 0.458 e. The van der Waals surface area contributed by atoms with Crippen LogP contribution in [0.2, 0.25) is 0 Å². The minimum Gasteiger partial charge on any atom is -0.458 e. The predicted octanol–water partition coefficient (Wildman–Crippen LogP) is 5.73. The van der Waals surface area contributed by atoms with E-state index in [0.717, 1.165) is 16.7 Å². The molecule has 0 aromatic heterocycles. The van der Waals surface area contributed by atoms with Crippen molar-refractivity contribution in [1.82, 2.24) is 0 Å². The predicted molar refractivity (Wildman–Crippen MR) is 118 cm³/mol. The number of rotatable bonds is 8. The van der Waals surface area contributed by atoms with Gasteiger partial charge in [0.15, 0.2) is 6.10 Å². The van der Waals surface area contributed by atoms with Crippen LogP contribution in [-0.2, 0) is 9.47 Å². The van der Waals surface area contributed by atoms with Crippen LogP contribution < -0.4 is 0 Å². The number of hydrogen-bond donors (Lipinski definition) is 0.